The van der Waals surface area contributed by atoms with Crippen molar-refractivity contribution in [2.24, 2.45) is 0 Å². The molecule has 2 N–H and O–H groups in total. The quantitative estimate of drug-likeness (QED) is 0.634. The molecule has 0 spiro atoms. The lowest BCUT2D eigenvalue weighted by Gasteiger charge is -2.12. The SMILES string of the molecule is CSCCC(C)NC(=O)COCC(=O)O. The van der Waals surface area contributed by atoms with Gasteiger partial charge >= 0.3 is 5.97 Å². The van der Waals surface area contributed by atoms with E-state index in [1.165, 1.54) is 0 Å². The molecule has 0 fully saturated rings. The van der Waals surface area contributed by atoms with E-state index in [0.29, 0.717) is 0 Å². The van der Waals surface area contributed by atoms with Crippen LogP contribution < -0.4 is 5.32 Å². The van der Waals surface area contributed by atoms with E-state index in [-0.39, 0.29) is 18.6 Å². The highest BCUT2D eigenvalue weighted by Crippen LogP contribution is 1.99. The van der Waals surface area contributed by atoms with Crippen LogP contribution in [-0.4, -0.2) is 48.2 Å². The molecular formula is C9H17NO4S. The van der Waals surface area contributed by atoms with Crippen LogP contribution in [0.25, 0.3) is 0 Å². The first kappa shape index (κ1) is 14.2. The van der Waals surface area contributed by atoms with Gasteiger partial charge in [0, 0.05) is 6.04 Å². The standard InChI is InChI=1S/C9H17NO4S/c1-7(3-4-15-2)10-8(11)5-14-6-9(12)13/h7H,3-6H2,1-2H3,(H,10,11)(H,12,13). The van der Waals surface area contributed by atoms with Gasteiger partial charge in [0.2, 0.25) is 5.91 Å². The zero-order valence-corrected chi connectivity index (χ0v) is 9.80. The summed E-state index contributed by atoms with van der Waals surface area (Å²) in [5.41, 5.74) is 0. The fourth-order valence-electron chi connectivity index (χ4n) is 0.914. The van der Waals surface area contributed by atoms with E-state index in [2.05, 4.69) is 10.1 Å². The van der Waals surface area contributed by atoms with Crippen molar-refractivity contribution in [2.75, 3.05) is 25.2 Å². The average Bonchev–Trinajstić information content (AvgIpc) is 2.14. The summed E-state index contributed by atoms with van der Waals surface area (Å²) in [4.78, 5) is 21.2. The number of carboxylic acids is 1. The summed E-state index contributed by atoms with van der Waals surface area (Å²) in [6.45, 7) is 1.27. The fourth-order valence-corrected chi connectivity index (χ4v) is 1.50. The molecule has 0 aliphatic heterocycles. The lowest BCUT2D eigenvalue weighted by molar-refractivity contribution is -0.143. The Bertz CT molecular complexity index is 210. The number of carboxylic acid groups (broad SMARTS) is 1. The number of thioether (sulfide) groups is 1. The van der Waals surface area contributed by atoms with Crippen molar-refractivity contribution in [1.82, 2.24) is 5.32 Å². The summed E-state index contributed by atoms with van der Waals surface area (Å²) in [7, 11) is 0. The highest BCUT2D eigenvalue weighted by molar-refractivity contribution is 7.98. The summed E-state index contributed by atoms with van der Waals surface area (Å²) in [6, 6.07) is 0.0957. The number of amides is 1. The minimum absolute atomic E-state index is 0.0957. The third-order valence-electron chi connectivity index (χ3n) is 1.62. The van der Waals surface area contributed by atoms with E-state index in [9.17, 15) is 9.59 Å². The molecule has 0 aromatic carbocycles. The molecule has 0 saturated carbocycles. The van der Waals surface area contributed by atoms with Gasteiger partial charge in [-0.1, -0.05) is 0 Å². The lowest BCUT2D eigenvalue weighted by Crippen LogP contribution is -2.36. The van der Waals surface area contributed by atoms with Crippen molar-refractivity contribution < 1.29 is 19.4 Å². The van der Waals surface area contributed by atoms with E-state index >= 15 is 0 Å². The molecule has 0 aromatic rings. The topological polar surface area (TPSA) is 75.6 Å². The maximum absolute atomic E-state index is 11.2. The van der Waals surface area contributed by atoms with Gasteiger partial charge in [0.15, 0.2) is 0 Å². The van der Waals surface area contributed by atoms with Crippen molar-refractivity contribution in [3.63, 3.8) is 0 Å². The molecule has 0 saturated heterocycles. The van der Waals surface area contributed by atoms with Gasteiger partial charge in [0.1, 0.15) is 13.2 Å². The van der Waals surface area contributed by atoms with Crippen molar-refractivity contribution in [1.29, 1.82) is 0 Å². The average molecular weight is 235 g/mol. The molecule has 0 aliphatic rings. The summed E-state index contributed by atoms with van der Waals surface area (Å²) in [5.74, 6) is -0.361. The zero-order valence-electron chi connectivity index (χ0n) is 8.99. The third-order valence-corrected chi connectivity index (χ3v) is 2.27. The van der Waals surface area contributed by atoms with Crippen LogP contribution in [0.5, 0.6) is 0 Å². The molecular weight excluding hydrogens is 218 g/mol. The first-order valence-corrected chi connectivity index (χ1v) is 6.03. The molecule has 0 rings (SSSR count). The summed E-state index contributed by atoms with van der Waals surface area (Å²) < 4.78 is 4.65. The van der Waals surface area contributed by atoms with Crippen molar-refractivity contribution in [3.05, 3.63) is 0 Å². The monoisotopic (exact) mass is 235 g/mol. The number of rotatable bonds is 8. The minimum atomic E-state index is -1.07. The predicted octanol–water partition coefficient (Wildman–Crippen LogP) is 0.345. The van der Waals surface area contributed by atoms with Gasteiger partial charge in [-0.3, -0.25) is 4.79 Å². The van der Waals surface area contributed by atoms with Gasteiger partial charge < -0.3 is 15.2 Å². The molecule has 0 heterocycles. The predicted molar refractivity (Wildman–Crippen MR) is 59.1 cm³/mol. The van der Waals surface area contributed by atoms with Crippen LogP contribution in [0, 0.1) is 0 Å². The second-order valence-electron chi connectivity index (χ2n) is 3.14. The summed E-state index contributed by atoms with van der Waals surface area (Å²) in [5, 5.41) is 11.0. The molecule has 0 aromatic heterocycles. The van der Waals surface area contributed by atoms with Crippen LogP contribution >= 0.6 is 11.8 Å². The Morgan fingerprint density at radius 1 is 1.47 bits per heavy atom. The van der Waals surface area contributed by atoms with Crippen molar-refractivity contribution in [3.8, 4) is 0 Å². The molecule has 6 heteroatoms. The van der Waals surface area contributed by atoms with Gasteiger partial charge in [0.25, 0.3) is 0 Å². The van der Waals surface area contributed by atoms with Gasteiger partial charge in [-0.15, -0.1) is 0 Å². The maximum atomic E-state index is 11.2. The second kappa shape index (κ2) is 8.55. The Morgan fingerprint density at radius 3 is 2.67 bits per heavy atom. The highest BCUT2D eigenvalue weighted by atomic mass is 32.2. The molecule has 1 amide bonds. The number of hydrogen-bond donors (Lipinski definition) is 2. The maximum Gasteiger partial charge on any atom is 0.329 e. The molecule has 88 valence electrons. The molecule has 0 radical (unpaired) electrons. The largest absolute Gasteiger partial charge is 0.480 e. The van der Waals surface area contributed by atoms with Gasteiger partial charge in [-0.2, -0.15) is 11.8 Å². The molecule has 0 aliphatic carbocycles. The Labute approximate surface area is 93.6 Å². The number of nitrogens with one attached hydrogen (secondary N) is 1. The van der Waals surface area contributed by atoms with Crippen LogP contribution in [0.2, 0.25) is 0 Å². The number of ether oxygens (including phenoxy) is 1. The van der Waals surface area contributed by atoms with Crippen LogP contribution in [0.15, 0.2) is 0 Å². The zero-order chi connectivity index (χ0) is 11.7. The smallest absolute Gasteiger partial charge is 0.329 e. The van der Waals surface area contributed by atoms with Crippen LogP contribution in [0.3, 0.4) is 0 Å². The van der Waals surface area contributed by atoms with E-state index in [1.807, 2.05) is 13.2 Å². The van der Waals surface area contributed by atoms with Crippen molar-refractivity contribution >= 4 is 23.6 Å². The van der Waals surface area contributed by atoms with Gasteiger partial charge in [0.05, 0.1) is 0 Å². The first-order chi connectivity index (χ1) is 7.06. The van der Waals surface area contributed by atoms with E-state index in [0.717, 1.165) is 12.2 Å². The lowest BCUT2D eigenvalue weighted by atomic mass is 10.2. The summed E-state index contributed by atoms with van der Waals surface area (Å²) in [6.07, 6.45) is 2.90. The molecule has 1 unspecified atom stereocenters. The van der Waals surface area contributed by atoms with E-state index in [1.54, 1.807) is 11.8 Å². The third kappa shape index (κ3) is 9.55. The summed E-state index contributed by atoms with van der Waals surface area (Å²) >= 11 is 1.72. The van der Waals surface area contributed by atoms with Crippen LogP contribution in [-0.2, 0) is 14.3 Å². The minimum Gasteiger partial charge on any atom is -0.480 e. The molecule has 0 bridgehead atoms. The number of hydrogen-bond acceptors (Lipinski definition) is 4. The molecule has 15 heavy (non-hydrogen) atoms. The second-order valence-corrected chi connectivity index (χ2v) is 4.12. The van der Waals surface area contributed by atoms with Gasteiger partial charge in [-0.05, 0) is 25.4 Å². The highest BCUT2D eigenvalue weighted by Gasteiger charge is 2.07. The Balaban J connectivity index is 3.50. The molecule has 5 nitrogen and oxygen atoms in total. The number of carbonyl (C=O) groups excluding carboxylic acids is 1. The van der Waals surface area contributed by atoms with Crippen LogP contribution in [0.1, 0.15) is 13.3 Å². The Morgan fingerprint density at radius 2 is 2.13 bits per heavy atom. The van der Waals surface area contributed by atoms with Crippen LogP contribution in [0.4, 0.5) is 0 Å². The normalized spacial score (nSPS) is 12.1. The van der Waals surface area contributed by atoms with Crippen molar-refractivity contribution in [2.45, 2.75) is 19.4 Å². The fraction of sp³-hybridized carbons (Fsp3) is 0.778. The van der Waals surface area contributed by atoms with E-state index < -0.39 is 12.6 Å². The first-order valence-electron chi connectivity index (χ1n) is 4.64. The molecule has 1 atom stereocenters. The number of aliphatic carboxylic acids is 1. The van der Waals surface area contributed by atoms with Gasteiger partial charge in [-0.25, -0.2) is 4.79 Å². The number of carbonyl (C=O) groups is 2. The Hall–Kier alpha value is -0.750. The Kier molecular flexibility index (Phi) is 8.12. The van der Waals surface area contributed by atoms with E-state index in [4.69, 9.17) is 5.11 Å².